The van der Waals surface area contributed by atoms with Crippen molar-refractivity contribution in [3.05, 3.63) is 29.8 Å². The second-order valence-electron chi connectivity index (χ2n) is 4.07. The molecule has 0 fully saturated rings. The van der Waals surface area contributed by atoms with Crippen molar-refractivity contribution < 1.29 is 8.42 Å². The Balaban J connectivity index is 2.65. The minimum Gasteiger partial charge on any atom is -0.199 e. The maximum absolute atomic E-state index is 11.8. The van der Waals surface area contributed by atoms with Crippen LogP contribution in [0.25, 0.3) is 0 Å². The summed E-state index contributed by atoms with van der Waals surface area (Å²) >= 11 is 0. The van der Waals surface area contributed by atoms with E-state index in [-0.39, 0.29) is 4.90 Å². The molecule has 3 nitrogen and oxygen atoms in total. The summed E-state index contributed by atoms with van der Waals surface area (Å²) in [5.74, 6) is 0. The van der Waals surface area contributed by atoms with Gasteiger partial charge in [0.2, 0.25) is 0 Å². The highest BCUT2D eigenvalue weighted by Gasteiger charge is 2.10. The van der Waals surface area contributed by atoms with Crippen molar-refractivity contribution in [3.8, 4) is 0 Å². The van der Waals surface area contributed by atoms with Gasteiger partial charge in [-0.05, 0) is 31.9 Å². The van der Waals surface area contributed by atoms with Crippen LogP contribution in [0.15, 0.2) is 33.6 Å². The van der Waals surface area contributed by atoms with Gasteiger partial charge in [-0.3, -0.25) is 0 Å². The summed E-state index contributed by atoms with van der Waals surface area (Å²) < 4.78 is 27.2. The van der Waals surface area contributed by atoms with Crippen LogP contribution < -0.4 is 0 Å². The van der Waals surface area contributed by atoms with Gasteiger partial charge in [0.05, 0.1) is 4.90 Å². The minimum atomic E-state index is -3.49. The Morgan fingerprint density at radius 1 is 1.18 bits per heavy atom. The summed E-state index contributed by atoms with van der Waals surface area (Å²) in [7, 11) is -3.49. The maximum Gasteiger partial charge on any atom is 0.281 e. The van der Waals surface area contributed by atoms with Crippen LogP contribution in [0.1, 0.15) is 38.2 Å². The topological polar surface area (TPSA) is 46.5 Å². The molecule has 0 amide bonds. The molecular weight excluding hydrogens is 234 g/mol. The number of hydrogen-bond donors (Lipinski definition) is 0. The average Bonchev–Trinajstić information content (AvgIpc) is 2.29. The van der Waals surface area contributed by atoms with E-state index in [1.165, 1.54) is 6.21 Å². The first-order chi connectivity index (χ1) is 8.06. The largest absolute Gasteiger partial charge is 0.281 e. The molecule has 0 aliphatic carbocycles. The standard InChI is InChI=1S/C13H19NO2S/c1-3-4-5-6-11-14-17(15,16)13-9-7-12(2)8-10-13/h7-11H,3-6H2,1-2H3/b14-11+. The van der Waals surface area contributed by atoms with Crippen molar-refractivity contribution >= 4 is 16.2 Å². The van der Waals surface area contributed by atoms with E-state index in [1.807, 2.05) is 6.92 Å². The van der Waals surface area contributed by atoms with Gasteiger partial charge in [-0.15, -0.1) is 0 Å². The first-order valence-corrected chi connectivity index (χ1v) is 7.36. The molecule has 1 rings (SSSR count). The van der Waals surface area contributed by atoms with Crippen LogP contribution in [0.2, 0.25) is 0 Å². The molecule has 0 saturated heterocycles. The molecule has 17 heavy (non-hydrogen) atoms. The fourth-order valence-corrected chi connectivity index (χ4v) is 2.31. The number of aryl methyl sites for hydroxylation is 1. The number of sulfonamides is 1. The Bertz CT molecular complexity index is 461. The van der Waals surface area contributed by atoms with Gasteiger partial charge in [0, 0.05) is 6.21 Å². The number of benzene rings is 1. The summed E-state index contributed by atoms with van der Waals surface area (Å²) in [6, 6.07) is 6.74. The third kappa shape index (κ3) is 4.69. The number of nitrogens with zero attached hydrogens (tertiary/aromatic N) is 1. The zero-order chi connectivity index (χ0) is 12.7. The minimum absolute atomic E-state index is 0.259. The van der Waals surface area contributed by atoms with Crippen LogP contribution in [0, 0.1) is 6.92 Å². The van der Waals surface area contributed by atoms with Crippen molar-refractivity contribution in [1.82, 2.24) is 0 Å². The summed E-state index contributed by atoms with van der Waals surface area (Å²) in [6.07, 6.45) is 5.45. The van der Waals surface area contributed by atoms with Crippen molar-refractivity contribution in [1.29, 1.82) is 0 Å². The molecule has 0 aromatic heterocycles. The number of rotatable bonds is 6. The lowest BCUT2D eigenvalue weighted by Crippen LogP contribution is -1.97. The SMILES string of the molecule is CCCCC/C=N/S(=O)(=O)c1ccc(C)cc1. The smallest absolute Gasteiger partial charge is 0.199 e. The zero-order valence-electron chi connectivity index (χ0n) is 10.4. The summed E-state index contributed by atoms with van der Waals surface area (Å²) in [5.41, 5.74) is 1.04. The molecule has 0 unspecified atom stereocenters. The Morgan fingerprint density at radius 3 is 2.41 bits per heavy atom. The van der Waals surface area contributed by atoms with Gasteiger partial charge < -0.3 is 0 Å². The van der Waals surface area contributed by atoms with Crippen molar-refractivity contribution in [2.45, 2.75) is 44.4 Å². The van der Waals surface area contributed by atoms with E-state index >= 15 is 0 Å². The second-order valence-corrected chi connectivity index (χ2v) is 5.70. The van der Waals surface area contributed by atoms with Gasteiger partial charge in [-0.1, -0.05) is 37.5 Å². The van der Waals surface area contributed by atoms with E-state index in [0.29, 0.717) is 0 Å². The van der Waals surface area contributed by atoms with E-state index < -0.39 is 10.0 Å². The highest BCUT2D eigenvalue weighted by molar-refractivity contribution is 7.90. The molecule has 0 aliphatic heterocycles. The van der Waals surface area contributed by atoms with E-state index in [1.54, 1.807) is 24.3 Å². The van der Waals surface area contributed by atoms with Crippen LogP contribution in [-0.2, 0) is 10.0 Å². The van der Waals surface area contributed by atoms with E-state index in [0.717, 1.165) is 31.2 Å². The first-order valence-electron chi connectivity index (χ1n) is 5.91. The normalized spacial score (nSPS) is 12.1. The third-order valence-electron chi connectivity index (χ3n) is 2.47. The summed E-state index contributed by atoms with van der Waals surface area (Å²) in [4.78, 5) is 0.259. The maximum atomic E-state index is 11.8. The Labute approximate surface area is 104 Å². The fraction of sp³-hybridized carbons (Fsp3) is 0.462. The monoisotopic (exact) mass is 253 g/mol. The molecule has 1 aromatic rings. The van der Waals surface area contributed by atoms with Gasteiger partial charge in [0.25, 0.3) is 10.0 Å². The Hall–Kier alpha value is -1.16. The summed E-state index contributed by atoms with van der Waals surface area (Å²) in [5, 5.41) is 0. The molecule has 0 saturated carbocycles. The molecule has 1 aromatic carbocycles. The number of hydrogen-bond acceptors (Lipinski definition) is 2. The van der Waals surface area contributed by atoms with Gasteiger partial charge in [0.1, 0.15) is 0 Å². The Morgan fingerprint density at radius 2 is 1.82 bits per heavy atom. The van der Waals surface area contributed by atoms with E-state index in [2.05, 4.69) is 11.3 Å². The second kappa shape index (κ2) is 6.55. The first kappa shape index (κ1) is 13.9. The molecule has 0 bridgehead atoms. The lowest BCUT2D eigenvalue weighted by molar-refractivity contribution is 0.598. The van der Waals surface area contributed by atoms with Crippen LogP contribution in [0.4, 0.5) is 0 Å². The predicted octanol–water partition coefficient (Wildman–Crippen LogP) is 3.33. The van der Waals surface area contributed by atoms with Crippen LogP contribution in [0.3, 0.4) is 0 Å². The quantitative estimate of drug-likeness (QED) is 0.576. The molecular formula is C13H19NO2S. The fourth-order valence-electron chi connectivity index (χ4n) is 1.41. The molecule has 0 radical (unpaired) electrons. The summed E-state index contributed by atoms with van der Waals surface area (Å²) in [6.45, 7) is 4.03. The Kier molecular flexibility index (Phi) is 5.35. The molecule has 0 heterocycles. The zero-order valence-corrected chi connectivity index (χ0v) is 11.2. The van der Waals surface area contributed by atoms with Crippen molar-refractivity contribution in [2.24, 2.45) is 4.40 Å². The van der Waals surface area contributed by atoms with Crippen LogP contribution in [0.5, 0.6) is 0 Å². The average molecular weight is 253 g/mol. The van der Waals surface area contributed by atoms with Gasteiger partial charge in [0.15, 0.2) is 0 Å². The number of unbranched alkanes of at least 4 members (excludes halogenated alkanes) is 3. The predicted molar refractivity (Wildman–Crippen MR) is 71.0 cm³/mol. The molecule has 4 heteroatoms. The van der Waals surface area contributed by atoms with E-state index in [9.17, 15) is 8.42 Å². The van der Waals surface area contributed by atoms with Gasteiger partial charge in [-0.2, -0.15) is 12.8 Å². The lowest BCUT2D eigenvalue weighted by Gasteiger charge is -1.99. The van der Waals surface area contributed by atoms with Gasteiger partial charge in [-0.25, -0.2) is 0 Å². The van der Waals surface area contributed by atoms with Crippen molar-refractivity contribution in [3.63, 3.8) is 0 Å². The van der Waals surface area contributed by atoms with Crippen molar-refractivity contribution in [2.75, 3.05) is 0 Å². The highest BCUT2D eigenvalue weighted by atomic mass is 32.2. The third-order valence-corrected chi connectivity index (χ3v) is 3.76. The van der Waals surface area contributed by atoms with Gasteiger partial charge >= 0.3 is 0 Å². The van der Waals surface area contributed by atoms with Crippen LogP contribution in [-0.4, -0.2) is 14.6 Å². The molecule has 0 atom stereocenters. The molecule has 94 valence electrons. The van der Waals surface area contributed by atoms with E-state index in [4.69, 9.17) is 0 Å². The lowest BCUT2D eigenvalue weighted by atomic mass is 10.2. The van der Waals surface area contributed by atoms with Crippen LogP contribution >= 0.6 is 0 Å². The molecule has 0 aliphatic rings. The molecule has 0 N–H and O–H groups in total. The highest BCUT2D eigenvalue weighted by Crippen LogP contribution is 2.12. The molecule has 0 spiro atoms.